The summed E-state index contributed by atoms with van der Waals surface area (Å²) in [5.74, 6) is 0.168. The fourth-order valence-corrected chi connectivity index (χ4v) is 2.29. The van der Waals surface area contributed by atoms with E-state index in [9.17, 15) is 9.18 Å². The first-order valence-corrected chi connectivity index (χ1v) is 6.54. The molecule has 0 amide bonds. The van der Waals surface area contributed by atoms with Gasteiger partial charge in [-0.25, -0.2) is 4.39 Å². The van der Waals surface area contributed by atoms with Gasteiger partial charge in [-0.1, -0.05) is 17.7 Å². The van der Waals surface area contributed by atoms with E-state index in [0.717, 1.165) is 0 Å². The lowest BCUT2D eigenvalue weighted by Crippen LogP contribution is -1.99. The molecule has 0 radical (unpaired) electrons. The Balaban J connectivity index is 2.03. The predicted molar refractivity (Wildman–Crippen MR) is 77.3 cm³/mol. The molecule has 0 aromatic heterocycles. The van der Waals surface area contributed by atoms with Crippen molar-refractivity contribution in [1.82, 2.24) is 0 Å². The van der Waals surface area contributed by atoms with Gasteiger partial charge in [0.15, 0.2) is 5.76 Å². The van der Waals surface area contributed by atoms with Gasteiger partial charge in [0.1, 0.15) is 17.3 Å². The van der Waals surface area contributed by atoms with E-state index >= 15 is 0 Å². The first-order chi connectivity index (χ1) is 10.1. The van der Waals surface area contributed by atoms with Gasteiger partial charge in [-0.3, -0.25) is 4.79 Å². The van der Waals surface area contributed by atoms with E-state index in [1.165, 1.54) is 25.3 Å². The molecule has 1 heterocycles. The van der Waals surface area contributed by atoms with Crippen LogP contribution in [-0.2, 0) is 0 Å². The van der Waals surface area contributed by atoms with E-state index in [4.69, 9.17) is 21.1 Å². The van der Waals surface area contributed by atoms with E-state index in [0.29, 0.717) is 17.1 Å². The molecule has 1 aliphatic heterocycles. The third-order valence-electron chi connectivity index (χ3n) is 3.15. The van der Waals surface area contributed by atoms with Gasteiger partial charge in [0.05, 0.1) is 17.7 Å². The monoisotopic (exact) mass is 304 g/mol. The number of ketones is 1. The Labute approximate surface area is 125 Å². The van der Waals surface area contributed by atoms with Crippen LogP contribution in [0.2, 0.25) is 5.02 Å². The lowest BCUT2D eigenvalue weighted by Gasteiger charge is -2.03. The minimum absolute atomic E-state index is 0.0326. The Hall–Kier alpha value is -2.33. The molecule has 3 rings (SSSR count). The van der Waals surface area contributed by atoms with Gasteiger partial charge in [0.2, 0.25) is 5.78 Å². The Morgan fingerprint density at radius 2 is 2.10 bits per heavy atom. The smallest absolute Gasteiger partial charge is 0.231 e. The Bertz CT molecular complexity index is 748. The number of hydrogen-bond acceptors (Lipinski definition) is 3. The molecule has 1 aliphatic rings. The van der Waals surface area contributed by atoms with Crippen LogP contribution in [0.1, 0.15) is 15.9 Å². The van der Waals surface area contributed by atoms with Crippen molar-refractivity contribution < 1.29 is 18.7 Å². The van der Waals surface area contributed by atoms with E-state index in [1.54, 1.807) is 24.3 Å². The zero-order valence-electron chi connectivity index (χ0n) is 11.0. The number of rotatable bonds is 2. The van der Waals surface area contributed by atoms with Crippen molar-refractivity contribution in [3.63, 3.8) is 0 Å². The number of fused-ring (bicyclic) bond motifs is 1. The minimum Gasteiger partial charge on any atom is -0.497 e. The van der Waals surface area contributed by atoms with Crippen LogP contribution in [0.25, 0.3) is 6.08 Å². The summed E-state index contributed by atoms with van der Waals surface area (Å²) in [6.07, 6.45) is 1.31. The number of carbonyl (C=O) groups excluding carboxylic acids is 1. The number of ether oxygens (including phenoxy) is 2. The summed E-state index contributed by atoms with van der Waals surface area (Å²) in [6.45, 7) is 0. The maximum atomic E-state index is 13.8. The molecule has 0 fully saturated rings. The summed E-state index contributed by atoms with van der Waals surface area (Å²) in [7, 11) is 1.52. The van der Waals surface area contributed by atoms with Crippen molar-refractivity contribution in [3.8, 4) is 11.5 Å². The van der Waals surface area contributed by atoms with Gasteiger partial charge < -0.3 is 9.47 Å². The molecule has 106 valence electrons. The van der Waals surface area contributed by atoms with E-state index in [-0.39, 0.29) is 22.1 Å². The van der Waals surface area contributed by atoms with Gasteiger partial charge >= 0.3 is 0 Å². The molecule has 2 aromatic rings. The van der Waals surface area contributed by atoms with Crippen LogP contribution in [0, 0.1) is 5.82 Å². The first-order valence-electron chi connectivity index (χ1n) is 6.16. The summed E-state index contributed by atoms with van der Waals surface area (Å²) < 4.78 is 24.3. The third-order valence-corrected chi connectivity index (χ3v) is 3.48. The van der Waals surface area contributed by atoms with Crippen molar-refractivity contribution in [1.29, 1.82) is 0 Å². The molecule has 0 saturated carbocycles. The molecular weight excluding hydrogens is 295 g/mol. The fourth-order valence-electron chi connectivity index (χ4n) is 2.07. The van der Waals surface area contributed by atoms with Crippen molar-refractivity contribution in [2.75, 3.05) is 7.11 Å². The Kier molecular flexibility index (Phi) is 3.39. The van der Waals surface area contributed by atoms with Gasteiger partial charge in [-0.05, 0) is 30.3 Å². The summed E-state index contributed by atoms with van der Waals surface area (Å²) in [4.78, 5) is 12.2. The zero-order valence-corrected chi connectivity index (χ0v) is 11.8. The standard InChI is InChI=1S/C16H10ClFO3/c1-20-9-5-6-10-14(7-9)21-15(16(10)19)8-11-12(17)3-2-4-13(11)18/h2-8H,1H3/b15-8+. The van der Waals surface area contributed by atoms with Crippen LogP contribution in [0.3, 0.4) is 0 Å². The molecule has 0 bridgehead atoms. The quantitative estimate of drug-likeness (QED) is 0.783. The number of benzene rings is 2. The summed E-state index contributed by atoms with van der Waals surface area (Å²) >= 11 is 5.94. The highest BCUT2D eigenvalue weighted by atomic mass is 35.5. The first kappa shape index (κ1) is 13.6. The second-order valence-corrected chi connectivity index (χ2v) is 4.84. The number of halogens is 2. The maximum absolute atomic E-state index is 13.8. The number of methoxy groups -OCH3 is 1. The molecule has 0 spiro atoms. The summed E-state index contributed by atoms with van der Waals surface area (Å²) in [5.41, 5.74) is 0.539. The fraction of sp³-hybridized carbons (Fsp3) is 0.0625. The zero-order chi connectivity index (χ0) is 15.0. The molecule has 0 aliphatic carbocycles. The maximum Gasteiger partial charge on any atom is 0.231 e. The summed E-state index contributed by atoms with van der Waals surface area (Å²) in [6, 6.07) is 9.20. The third kappa shape index (κ3) is 2.38. The highest BCUT2D eigenvalue weighted by molar-refractivity contribution is 6.32. The highest BCUT2D eigenvalue weighted by Gasteiger charge is 2.28. The van der Waals surface area contributed by atoms with Gasteiger partial charge in [-0.15, -0.1) is 0 Å². The molecule has 5 heteroatoms. The Morgan fingerprint density at radius 3 is 2.81 bits per heavy atom. The van der Waals surface area contributed by atoms with Crippen LogP contribution in [0.5, 0.6) is 11.5 Å². The van der Waals surface area contributed by atoms with Crippen LogP contribution < -0.4 is 9.47 Å². The van der Waals surface area contributed by atoms with Crippen LogP contribution >= 0.6 is 11.6 Å². The molecular formula is C16H10ClFO3. The van der Waals surface area contributed by atoms with Crippen molar-refractivity contribution in [2.45, 2.75) is 0 Å². The average Bonchev–Trinajstić information content (AvgIpc) is 2.79. The van der Waals surface area contributed by atoms with Gasteiger partial charge in [0, 0.05) is 11.6 Å². The molecule has 0 N–H and O–H groups in total. The molecule has 0 saturated heterocycles. The average molecular weight is 305 g/mol. The number of allylic oxidation sites excluding steroid dienone is 1. The minimum atomic E-state index is -0.514. The largest absolute Gasteiger partial charge is 0.497 e. The molecule has 3 nitrogen and oxygen atoms in total. The SMILES string of the molecule is COc1ccc2c(c1)O/C(=C/c1c(F)cccc1Cl)C2=O. The van der Waals surface area contributed by atoms with Crippen LogP contribution in [-0.4, -0.2) is 12.9 Å². The van der Waals surface area contributed by atoms with Crippen LogP contribution in [0.4, 0.5) is 4.39 Å². The number of carbonyl (C=O) groups is 1. The molecule has 0 unspecified atom stereocenters. The van der Waals surface area contributed by atoms with Crippen molar-refractivity contribution in [3.05, 3.63) is 64.1 Å². The topological polar surface area (TPSA) is 35.5 Å². The van der Waals surface area contributed by atoms with E-state index in [1.807, 2.05) is 0 Å². The van der Waals surface area contributed by atoms with E-state index in [2.05, 4.69) is 0 Å². The van der Waals surface area contributed by atoms with Gasteiger partial charge in [-0.2, -0.15) is 0 Å². The summed E-state index contributed by atoms with van der Waals surface area (Å²) in [5, 5.41) is 0.215. The molecule has 0 atom stereocenters. The van der Waals surface area contributed by atoms with Crippen LogP contribution in [0.15, 0.2) is 42.2 Å². The molecule has 21 heavy (non-hydrogen) atoms. The van der Waals surface area contributed by atoms with E-state index < -0.39 is 5.82 Å². The normalized spacial score (nSPS) is 15.0. The molecule has 2 aromatic carbocycles. The van der Waals surface area contributed by atoms with Crippen molar-refractivity contribution >= 4 is 23.5 Å². The number of hydrogen-bond donors (Lipinski definition) is 0. The highest BCUT2D eigenvalue weighted by Crippen LogP contribution is 2.35. The predicted octanol–water partition coefficient (Wildman–Crippen LogP) is 4.10. The van der Waals surface area contributed by atoms with Crippen molar-refractivity contribution in [2.24, 2.45) is 0 Å². The lowest BCUT2D eigenvalue weighted by molar-refractivity contribution is 0.101. The Morgan fingerprint density at radius 1 is 1.29 bits per heavy atom. The second-order valence-electron chi connectivity index (χ2n) is 4.44. The number of Topliss-reactive ketones (excluding diaryl/α,β-unsaturated/α-hetero) is 1. The second kappa shape index (κ2) is 5.22. The lowest BCUT2D eigenvalue weighted by atomic mass is 10.1. The van der Waals surface area contributed by atoms with Gasteiger partial charge in [0.25, 0.3) is 0 Å².